The molecular weight excluding hydrogens is 188 g/mol. The van der Waals surface area contributed by atoms with Gasteiger partial charge >= 0.3 is 0 Å². The van der Waals surface area contributed by atoms with Crippen LogP contribution in [0.5, 0.6) is 0 Å². The smallest absolute Gasteiger partial charge is 0.104 e. The lowest BCUT2D eigenvalue weighted by Crippen LogP contribution is -2.08. The van der Waals surface area contributed by atoms with Crippen LogP contribution < -0.4 is 0 Å². The van der Waals surface area contributed by atoms with Crippen LogP contribution in [0.1, 0.15) is 45.1 Å². The summed E-state index contributed by atoms with van der Waals surface area (Å²) in [5.41, 5.74) is 0.278. The Morgan fingerprint density at radius 2 is 1.80 bits per heavy atom. The lowest BCUT2D eigenvalue weighted by Gasteiger charge is -2.15. The van der Waals surface area contributed by atoms with Crippen LogP contribution in [-0.4, -0.2) is 11.7 Å². The van der Waals surface area contributed by atoms with Crippen LogP contribution in [-0.2, 0) is 12.8 Å². The molecule has 1 heterocycles. The van der Waals surface area contributed by atoms with Crippen molar-refractivity contribution in [2.45, 2.75) is 46.5 Å². The zero-order valence-electron chi connectivity index (χ0n) is 10.0. The van der Waals surface area contributed by atoms with Gasteiger partial charge in [0.05, 0.1) is 0 Å². The summed E-state index contributed by atoms with van der Waals surface area (Å²) in [6, 6.07) is 4.12. The molecule has 1 aromatic heterocycles. The lowest BCUT2D eigenvalue weighted by molar-refractivity contribution is 0.282. The molecule has 2 nitrogen and oxygen atoms in total. The van der Waals surface area contributed by atoms with Crippen molar-refractivity contribution in [3.63, 3.8) is 0 Å². The minimum absolute atomic E-state index is 0.273. The summed E-state index contributed by atoms with van der Waals surface area (Å²) >= 11 is 0. The van der Waals surface area contributed by atoms with E-state index in [-0.39, 0.29) is 12.0 Å². The highest BCUT2D eigenvalue weighted by Gasteiger charge is 2.13. The normalized spacial score (nSPS) is 12.0. The largest absolute Gasteiger partial charge is 0.466 e. The molecule has 0 radical (unpaired) electrons. The quantitative estimate of drug-likeness (QED) is 0.757. The first-order valence-corrected chi connectivity index (χ1v) is 5.70. The first kappa shape index (κ1) is 12.3. The fourth-order valence-electron chi connectivity index (χ4n) is 1.59. The van der Waals surface area contributed by atoms with Crippen LogP contribution in [0.25, 0.3) is 0 Å². The number of hydrogen-bond acceptors (Lipinski definition) is 2. The molecule has 0 aliphatic heterocycles. The van der Waals surface area contributed by atoms with E-state index >= 15 is 0 Å². The van der Waals surface area contributed by atoms with E-state index in [0.717, 1.165) is 37.2 Å². The summed E-state index contributed by atoms with van der Waals surface area (Å²) in [5.74, 6) is 2.11. The summed E-state index contributed by atoms with van der Waals surface area (Å²) in [6.07, 6.45) is 3.77. The molecule has 0 saturated heterocycles. The zero-order valence-corrected chi connectivity index (χ0v) is 10.0. The number of rotatable bonds is 5. The summed E-state index contributed by atoms with van der Waals surface area (Å²) in [5, 5.41) is 8.67. The van der Waals surface area contributed by atoms with Gasteiger partial charge in [-0.3, -0.25) is 0 Å². The van der Waals surface area contributed by atoms with Crippen molar-refractivity contribution >= 4 is 0 Å². The Bertz CT molecular complexity index is 281. The highest BCUT2D eigenvalue weighted by atomic mass is 16.3. The predicted molar refractivity (Wildman–Crippen MR) is 61.9 cm³/mol. The fourth-order valence-corrected chi connectivity index (χ4v) is 1.59. The average molecular weight is 210 g/mol. The van der Waals surface area contributed by atoms with Gasteiger partial charge in [0, 0.05) is 19.4 Å². The molecule has 1 N–H and O–H groups in total. The minimum atomic E-state index is 0.273. The second kappa shape index (κ2) is 5.36. The molecule has 86 valence electrons. The standard InChI is InChI=1S/C13H22O2/c1-13(2,3)10-12-8-7-11(15-12)6-4-5-9-14/h7-8,14H,4-6,9-10H2,1-3H3. The van der Waals surface area contributed by atoms with Gasteiger partial charge in [-0.05, 0) is 30.4 Å². The number of hydrogen-bond donors (Lipinski definition) is 1. The van der Waals surface area contributed by atoms with Crippen molar-refractivity contribution in [1.82, 2.24) is 0 Å². The molecule has 0 saturated carbocycles. The van der Waals surface area contributed by atoms with Gasteiger partial charge in [-0.15, -0.1) is 0 Å². The molecule has 0 unspecified atom stereocenters. The lowest BCUT2D eigenvalue weighted by atomic mass is 9.91. The maximum Gasteiger partial charge on any atom is 0.104 e. The Labute approximate surface area is 92.3 Å². The van der Waals surface area contributed by atoms with Crippen molar-refractivity contribution in [2.75, 3.05) is 6.61 Å². The maximum absolute atomic E-state index is 8.67. The Morgan fingerprint density at radius 1 is 1.13 bits per heavy atom. The first-order valence-electron chi connectivity index (χ1n) is 5.70. The second-order valence-electron chi connectivity index (χ2n) is 5.29. The third kappa shape index (κ3) is 5.03. The van der Waals surface area contributed by atoms with Crippen LogP contribution in [0.3, 0.4) is 0 Å². The summed E-state index contributed by atoms with van der Waals surface area (Å²) in [7, 11) is 0. The molecular formula is C13H22O2. The maximum atomic E-state index is 8.67. The molecule has 0 atom stereocenters. The number of unbranched alkanes of at least 4 members (excludes halogenated alkanes) is 1. The van der Waals surface area contributed by atoms with Gasteiger partial charge in [0.15, 0.2) is 0 Å². The predicted octanol–water partition coefficient (Wildman–Crippen LogP) is 3.18. The molecule has 1 rings (SSSR count). The van der Waals surface area contributed by atoms with Gasteiger partial charge in [0.1, 0.15) is 11.5 Å². The third-order valence-corrected chi connectivity index (χ3v) is 2.25. The topological polar surface area (TPSA) is 33.4 Å². The Kier molecular flexibility index (Phi) is 4.40. The molecule has 0 fully saturated rings. The van der Waals surface area contributed by atoms with E-state index < -0.39 is 0 Å². The highest BCUT2D eigenvalue weighted by molar-refractivity contribution is 5.08. The van der Waals surface area contributed by atoms with E-state index in [2.05, 4.69) is 32.9 Å². The van der Waals surface area contributed by atoms with Crippen LogP contribution >= 0.6 is 0 Å². The third-order valence-electron chi connectivity index (χ3n) is 2.25. The number of furan rings is 1. The van der Waals surface area contributed by atoms with Crippen molar-refractivity contribution < 1.29 is 9.52 Å². The van der Waals surface area contributed by atoms with Crippen LogP contribution in [0, 0.1) is 5.41 Å². The monoisotopic (exact) mass is 210 g/mol. The number of aryl methyl sites for hydroxylation is 1. The molecule has 0 aromatic carbocycles. The summed E-state index contributed by atoms with van der Waals surface area (Å²) in [4.78, 5) is 0. The van der Waals surface area contributed by atoms with Crippen LogP contribution in [0.15, 0.2) is 16.5 Å². The average Bonchev–Trinajstić information content (AvgIpc) is 2.50. The van der Waals surface area contributed by atoms with E-state index in [1.165, 1.54) is 0 Å². The minimum Gasteiger partial charge on any atom is -0.466 e. The van der Waals surface area contributed by atoms with Crippen molar-refractivity contribution in [3.05, 3.63) is 23.7 Å². The molecule has 0 amide bonds. The molecule has 0 aliphatic rings. The number of aliphatic hydroxyl groups excluding tert-OH is 1. The molecule has 0 bridgehead atoms. The Balaban J connectivity index is 2.42. The highest BCUT2D eigenvalue weighted by Crippen LogP contribution is 2.22. The second-order valence-corrected chi connectivity index (χ2v) is 5.29. The van der Waals surface area contributed by atoms with Gasteiger partial charge in [0.25, 0.3) is 0 Å². The van der Waals surface area contributed by atoms with E-state index in [0.29, 0.717) is 0 Å². The van der Waals surface area contributed by atoms with Crippen LogP contribution in [0.4, 0.5) is 0 Å². The van der Waals surface area contributed by atoms with Crippen molar-refractivity contribution in [3.8, 4) is 0 Å². The van der Waals surface area contributed by atoms with E-state index in [9.17, 15) is 0 Å². The molecule has 0 aliphatic carbocycles. The summed E-state index contributed by atoms with van der Waals surface area (Å²) in [6.45, 7) is 6.90. The summed E-state index contributed by atoms with van der Waals surface area (Å²) < 4.78 is 5.72. The van der Waals surface area contributed by atoms with Crippen LogP contribution in [0.2, 0.25) is 0 Å². The zero-order chi connectivity index (χ0) is 11.3. The SMILES string of the molecule is CC(C)(C)Cc1ccc(CCCCO)o1. The molecule has 0 spiro atoms. The van der Waals surface area contributed by atoms with E-state index in [4.69, 9.17) is 9.52 Å². The van der Waals surface area contributed by atoms with Crippen molar-refractivity contribution in [2.24, 2.45) is 5.41 Å². The Morgan fingerprint density at radius 3 is 2.40 bits per heavy atom. The van der Waals surface area contributed by atoms with Gasteiger partial charge in [0.2, 0.25) is 0 Å². The fraction of sp³-hybridized carbons (Fsp3) is 0.692. The van der Waals surface area contributed by atoms with E-state index in [1.807, 2.05) is 0 Å². The molecule has 1 aromatic rings. The van der Waals surface area contributed by atoms with E-state index in [1.54, 1.807) is 0 Å². The van der Waals surface area contributed by atoms with Gasteiger partial charge in [-0.2, -0.15) is 0 Å². The molecule has 2 heteroatoms. The van der Waals surface area contributed by atoms with Gasteiger partial charge in [-0.1, -0.05) is 20.8 Å². The van der Waals surface area contributed by atoms with Gasteiger partial charge < -0.3 is 9.52 Å². The van der Waals surface area contributed by atoms with Crippen molar-refractivity contribution in [1.29, 1.82) is 0 Å². The van der Waals surface area contributed by atoms with Gasteiger partial charge in [-0.25, -0.2) is 0 Å². The molecule has 15 heavy (non-hydrogen) atoms. The Hall–Kier alpha value is -0.760. The number of aliphatic hydroxyl groups is 1. The first-order chi connectivity index (χ1) is 7.01.